The van der Waals surface area contributed by atoms with Gasteiger partial charge in [-0.2, -0.15) is 13.2 Å². The first-order chi connectivity index (χ1) is 11.6. The third-order valence-corrected chi connectivity index (χ3v) is 4.61. The van der Waals surface area contributed by atoms with Crippen LogP contribution in [-0.2, 0) is 16.4 Å². The van der Waals surface area contributed by atoms with Crippen molar-refractivity contribution < 1.29 is 18.0 Å². The van der Waals surface area contributed by atoms with Crippen molar-refractivity contribution in [3.8, 4) is 0 Å². The summed E-state index contributed by atoms with van der Waals surface area (Å²) in [5.41, 5.74) is 0.161. The summed E-state index contributed by atoms with van der Waals surface area (Å²) in [4.78, 5) is 12.9. The quantitative estimate of drug-likeness (QED) is 0.699. The molecule has 0 fully saturated rings. The molecule has 134 valence electrons. The summed E-state index contributed by atoms with van der Waals surface area (Å²) in [6, 6.07) is 12.8. The largest absolute Gasteiger partial charge is 0.418 e. The van der Waals surface area contributed by atoms with Gasteiger partial charge in [-0.15, -0.1) is 11.8 Å². The Bertz CT molecular complexity index is 734. The SMILES string of the molecule is CC(C)(C)c1ccc(SCC(=O)Nc2ccccc2C(F)(F)F)cc1. The molecule has 0 aliphatic carbocycles. The molecule has 0 radical (unpaired) electrons. The molecule has 0 saturated carbocycles. The van der Waals surface area contributed by atoms with E-state index in [1.54, 1.807) is 0 Å². The number of thioether (sulfide) groups is 1. The van der Waals surface area contributed by atoms with Gasteiger partial charge in [0.15, 0.2) is 0 Å². The number of hydrogen-bond acceptors (Lipinski definition) is 2. The second-order valence-electron chi connectivity index (χ2n) is 6.65. The van der Waals surface area contributed by atoms with Gasteiger partial charge in [0, 0.05) is 4.90 Å². The van der Waals surface area contributed by atoms with Crippen molar-refractivity contribution in [1.82, 2.24) is 0 Å². The summed E-state index contributed by atoms with van der Waals surface area (Å²) in [5.74, 6) is -0.428. The third-order valence-electron chi connectivity index (χ3n) is 3.60. The maximum Gasteiger partial charge on any atom is 0.418 e. The minimum absolute atomic E-state index is 0.0427. The van der Waals surface area contributed by atoms with Crippen molar-refractivity contribution in [3.63, 3.8) is 0 Å². The molecule has 2 rings (SSSR count). The van der Waals surface area contributed by atoms with Gasteiger partial charge >= 0.3 is 6.18 Å². The Hall–Kier alpha value is -1.95. The molecule has 2 nitrogen and oxygen atoms in total. The number of carbonyl (C=O) groups excluding carboxylic acids is 1. The van der Waals surface area contributed by atoms with Crippen molar-refractivity contribution in [2.75, 3.05) is 11.1 Å². The smallest absolute Gasteiger partial charge is 0.325 e. The van der Waals surface area contributed by atoms with E-state index in [0.717, 1.165) is 11.0 Å². The first-order valence-electron chi connectivity index (χ1n) is 7.77. The average molecular weight is 367 g/mol. The van der Waals surface area contributed by atoms with Crippen LogP contribution in [0.2, 0.25) is 0 Å². The first kappa shape index (κ1) is 19.4. The van der Waals surface area contributed by atoms with Gasteiger partial charge in [0.05, 0.1) is 17.0 Å². The van der Waals surface area contributed by atoms with Crippen LogP contribution in [0.3, 0.4) is 0 Å². The fourth-order valence-corrected chi connectivity index (χ4v) is 2.92. The van der Waals surface area contributed by atoms with Crippen molar-refractivity contribution in [2.45, 2.75) is 37.3 Å². The summed E-state index contributed by atoms with van der Waals surface area (Å²) in [6.45, 7) is 6.34. The van der Waals surface area contributed by atoms with Crippen LogP contribution < -0.4 is 5.32 Å². The molecule has 2 aromatic carbocycles. The lowest BCUT2D eigenvalue weighted by Crippen LogP contribution is -2.18. The molecule has 0 aliphatic heterocycles. The summed E-state index contributed by atoms with van der Waals surface area (Å²) in [5, 5.41) is 2.34. The summed E-state index contributed by atoms with van der Waals surface area (Å²) >= 11 is 1.29. The highest BCUT2D eigenvalue weighted by Gasteiger charge is 2.33. The molecule has 1 N–H and O–H groups in total. The first-order valence-corrected chi connectivity index (χ1v) is 8.75. The highest BCUT2D eigenvalue weighted by Crippen LogP contribution is 2.34. The lowest BCUT2D eigenvalue weighted by Gasteiger charge is -2.19. The van der Waals surface area contributed by atoms with Gasteiger partial charge in [0.25, 0.3) is 0 Å². The third kappa shape index (κ3) is 5.53. The number of carbonyl (C=O) groups is 1. The molecule has 0 spiro atoms. The molecule has 0 aromatic heterocycles. The molecule has 0 unspecified atom stereocenters. The summed E-state index contributed by atoms with van der Waals surface area (Å²) in [7, 11) is 0. The van der Waals surface area contributed by atoms with Crippen molar-refractivity contribution in [2.24, 2.45) is 0 Å². The van der Waals surface area contributed by atoms with Crippen molar-refractivity contribution in [3.05, 3.63) is 59.7 Å². The van der Waals surface area contributed by atoms with Gasteiger partial charge in [-0.1, -0.05) is 45.0 Å². The fraction of sp³-hybridized carbons (Fsp3) is 0.316. The average Bonchev–Trinajstić information content (AvgIpc) is 2.52. The van der Waals surface area contributed by atoms with Crippen LogP contribution >= 0.6 is 11.8 Å². The number of hydrogen-bond donors (Lipinski definition) is 1. The van der Waals surface area contributed by atoms with E-state index in [4.69, 9.17) is 0 Å². The van der Waals surface area contributed by atoms with Gasteiger partial charge < -0.3 is 5.32 Å². The van der Waals surface area contributed by atoms with Crippen LogP contribution in [0, 0.1) is 0 Å². The fourth-order valence-electron chi connectivity index (χ4n) is 2.23. The zero-order valence-electron chi connectivity index (χ0n) is 14.3. The predicted molar refractivity (Wildman–Crippen MR) is 95.9 cm³/mol. The van der Waals surface area contributed by atoms with Crippen molar-refractivity contribution in [1.29, 1.82) is 0 Å². The number of halogens is 3. The van der Waals surface area contributed by atoms with Gasteiger partial charge in [0.2, 0.25) is 5.91 Å². The maximum absolute atomic E-state index is 12.9. The van der Waals surface area contributed by atoms with Crippen LogP contribution in [0.15, 0.2) is 53.4 Å². The topological polar surface area (TPSA) is 29.1 Å². The molecule has 2 aromatic rings. The van der Waals surface area contributed by atoms with Crippen LogP contribution in [0.4, 0.5) is 18.9 Å². The van der Waals surface area contributed by atoms with E-state index >= 15 is 0 Å². The Morgan fingerprint density at radius 3 is 2.16 bits per heavy atom. The lowest BCUT2D eigenvalue weighted by molar-refractivity contribution is -0.137. The number of benzene rings is 2. The summed E-state index contributed by atoms with van der Waals surface area (Å²) in [6.07, 6.45) is -4.50. The Labute approximate surface area is 149 Å². The summed E-state index contributed by atoms with van der Waals surface area (Å²) < 4.78 is 38.8. The lowest BCUT2D eigenvalue weighted by atomic mass is 9.87. The van der Waals surface area contributed by atoms with E-state index in [9.17, 15) is 18.0 Å². The molecule has 6 heteroatoms. The number of para-hydroxylation sites is 1. The van der Waals surface area contributed by atoms with E-state index in [2.05, 4.69) is 26.1 Å². The number of amides is 1. The molecule has 0 aliphatic rings. The molecule has 0 bridgehead atoms. The molecule has 0 atom stereocenters. The minimum Gasteiger partial charge on any atom is -0.325 e. The second-order valence-corrected chi connectivity index (χ2v) is 7.70. The Kier molecular flexibility index (Phi) is 5.83. The van der Waals surface area contributed by atoms with Gasteiger partial charge in [-0.3, -0.25) is 4.79 Å². The highest BCUT2D eigenvalue weighted by molar-refractivity contribution is 8.00. The molecule has 1 amide bonds. The van der Waals surface area contributed by atoms with Crippen molar-refractivity contribution >= 4 is 23.4 Å². The zero-order valence-corrected chi connectivity index (χ0v) is 15.1. The van der Waals surface area contributed by atoms with E-state index in [-0.39, 0.29) is 16.9 Å². The monoisotopic (exact) mass is 367 g/mol. The second kappa shape index (κ2) is 7.52. The molecule has 0 heterocycles. The highest BCUT2D eigenvalue weighted by atomic mass is 32.2. The Balaban J connectivity index is 1.98. The number of alkyl halides is 3. The van der Waals surface area contributed by atoms with Crippen LogP contribution in [-0.4, -0.2) is 11.7 Å². The van der Waals surface area contributed by atoms with E-state index in [0.29, 0.717) is 0 Å². The van der Waals surface area contributed by atoms with E-state index in [1.165, 1.54) is 35.5 Å². The molecule has 0 saturated heterocycles. The number of rotatable bonds is 4. The molecular formula is C19H20F3NOS. The standard InChI is InChI=1S/C19H20F3NOS/c1-18(2,3)13-8-10-14(11-9-13)25-12-17(24)23-16-7-5-4-6-15(16)19(20,21)22/h4-11H,12H2,1-3H3,(H,23,24). The molecular weight excluding hydrogens is 347 g/mol. The number of anilines is 1. The van der Waals surface area contributed by atoms with Gasteiger partial charge in [0.1, 0.15) is 0 Å². The zero-order chi connectivity index (χ0) is 18.7. The predicted octanol–water partition coefficient (Wildman–Crippen LogP) is 5.73. The van der Waals surface area contributed by atoms with Crippen LogP contribution in [0.25, 0.3) is 0 Å². The van der Waals surface area contributed by atoms with Crippen LogP contribution in [0.5, 0.6) is 0 Å². The minimum atomic E-state index is -4.50. The van der Waals surface area contributed by atoms with E-state index < -0.39 is 17.6 Å². The Morgan fingerprint density at radius 1 is 1.00 bits per heavy atom. The normalized spacial score (nSPS) is 12.1. The number of nitrogens with one attached hydrogen (secondary N) is 1. The molecule has 25 heavy (non-hydrogen) atoms. The maximum atomic E-state index is 12.9. The van der Waals surface area contributed by atoms with Gasteiger partial charge in [-0.05, 0) is 35.2 Å². The Morgan fingerprint density at radius 2 is 1.60 bits per heavy atom. The van der Waals surface area contributed by atoms with Gasteiger partial charge in [-0.25, -0.2) is 0 Å². The van der Waals surface area contributed by atoms with E-state index in [1.807, 2.05) is 24.3 Å². The van der Waals surface area contributed by atoms with Crippen LogP contribution in [0.1, 0.15) is 31.9 Å².